The van der Waals surface area contributed by atoms with Crippen molar-refractivity contribution in [2.75, 3.05) is 6.61 Å². The minimum absolute atomic E-state index is 0. The third-order valence-corrected chi connectivity index (χ3v) is 13.9. The number of hydrogen-bond acceptors (Lipinski definition) is 2. The van der Waals surface area contributed by atoms with Crippen LogP contribution in [-0.2, 0) is 0 Å². The fourth-order valence-electron chi connectivity index (χ4n) is 11.8. The molecule has 0 spiro atoms. The van der Waals surface area contributed by atoms with Gasteiger partial charge in [0.25, 0.3) is 0 Å². The van der Waals surface area contributed by atoms with Gasteiger partial charge < -0.3 is 10.2 Å². The summed E-state index contributed by atoms with van der Waals surface area (Å²) in [5, 5.41) is 21.0. The summed E-state index contributed by atoms with van der Waals surface area (Å²) in [4.78, 5) is 0. The smallest absolute Gasteiger partial charge is 0.0594 e. The molecule has 0 amide bonds. The molecular formula is C30H52AcO2. The van der Waals surface area contributed by atoms with Crippen LogP contribution in [0.5, 0.6) is 0 Å². The molecule has 5 aliphatic carbocycles. The quantitative estimate of drug-likeness (QED) is 0.330. The predicted molar refractivity (Wildman–Crippen MR) is 132 cm³/mol. The van der Waals surface area contributed by atoms with Crippen LogP contribution in [-0.4, -0.2) is 22.9 Å². The molecule has 0 aromatic rings. The van der Waals surface area contributed by atoms with Crippen LogP contribution in [0.15, 0.2) is 0 Å². The summed E-state index contributed by atoms with van der Waals surface area (Å²) < 4.78 is 0. The molecule has 3 heteroatoms. The summed E-state index contributed by atoms with van der Waals surface area (Å²) in [5.41, 5.74) is 1.75. The molecule has 5 aliphatic rings. The predicted octanol–water partition coefficient (Wildman–Crippen LogP) is 7.08. The Morgan fingerprint density at radius 3 is 2.12 bits per heavy atom. The topological polar surface area (TPSA) is 40.5 Å². The molecule has 187 valence electrons. The molecule has 2 N–H and O–H groups in total. The molecule has 5 fully saturated rings. The average Bonchev–Trinajstić information content (AvgIpc) is 3.09. The van der Waals surface area contributed by atoms with E-state index in [4.69, 9.17) is 0 Å². The molecule has 0 aromatic carbocycles. The molecule has 2 nitrogen and oxygen atoms in total. The van der Waals surface area contributed by atoms with Gasteiger partial charge in [-0.15, -0.1) is 0 Å². The zero-order chi connectivity index (χ0) is 23.3. The summed E-state index contributed by atoms with van der Waals surface area (Å²) in [7, 11) is 0. The Morgan fingerprint density at radius 1 is 0.758 bits per heavy atom. The van der Waals surface area contributed by atoms with Crippen LogP contribution in [0.1, 0.15) is 113 Å². The van der Waals surface area contributed by atoms with Gasteiger partial charge in [-0.05, 0) is 127 Å². The van der Waals surface area contributed by atoms with Crippen molar-refractivity contribution < 1.29 is 54.3 Å². The fourth-order valence-corrected chi connectivity index (χ4v) is 11.8. The Morgan fingerprint density at radius 2 is 1.45 bits per heavy atom. The molecule has 0 aliphatic heterocycles. The monoisotopic (exact) mass is 671 g/mol. The van der Waals surface area contributed by atoms with E-state index < -0.39 is 0 Å². The van der Waals surface area contributed by atoms with E-state index in [9.17, 15) is 10.2 Å². The SMILES string of the molecule is CC(CO)[C@@H]1CC[C@]2(C)CC[C@]3(C)C(CCC4[C@@]5(C)CCC(O)C(C)(C)C5CC[C@]43C)C12.[Ac]. The van der Waals surface area contributed by atoms with Gasteiger partial charge in [-0.1, -0.05) is 48.5 Å². The molecule has 0 bridgehead atoms. The van der Waals surface area contributed by atoms with Crippen LogP contribution in [0, 0.1) is 107 Å². The van der Waals surface area contributed by atoms with Crippen molar-refractivity contribution in [3.63, 3.8) is 0 Å². The van der Waals surface area contributed by atoms with E-state index in [-0.39, 0.29) is 55.6 Å². The van der Waals surface area contributed by atoms with Gasteiger partial charge in [-0.3, -0.25) is 0 Å². The van der Waals surface area contributed by atoms with Crippen LogP contribution in [0.25, 0.3) is 0 Å². The second-order valence-electron chi connectivity index (χ2n) is 15.1. The summed E-state index contributed by atoms with van der Waals surface area (Å²) in [6.07, 6.45) is 13.0. The van der Waals surface area contributed by atoms with Crippen molar-refractivity contribution >= 4 is 0 Å². The fraction of sp³-hybridized carbons (Fsp3) is 1.00. The van der Waals surface area contributed by atoms with Gasteiger partial charge in [0, 0.05) is 50.7 Å². The molecule has 5 rings (SSSR count). The minimum Gasteiger partial charge on any atom is -0.396 e. The second kappa shape index (κ2) is 8.70. The maximum Gasteiger partial charge on any atom is 0.0594 e. The number of aliphatic hydroxyl groups excluding tert-OH is 2. The molecule has 0 saturated heterocycles. The number of rotatable bonds is 2. The van der Waals surface area contributed by atoms with E-state index in [0.717, 1.165) is 24.2 Å². The zero-order valence-electron chi connectivity index (χ0n) is 22.8. The van der Waals surface area contributed by atoms with E-state index in [0.29, 0.717) is 46.0 Å². The van der Waals surface area contributed by atoms with Crippen LogP contribution >= 0.6 is 0 Å². The van der Waals surface area contributed by atoms with Gasteiger partial charge in [0.1, 0.15) is 0 Å². The third kappa shape index (κ3) is 3.53. The Bertz CT molecular complexity index is 752. The number of hydrogen-bond donors (Lipinski definition) is 2. The largest absolute Gasteiger partial charge is 0.396 e. The summed E-state index contributed by atoms with van der Waals surface area (Å²) in [6.45, 7) is 18.1. The standard InChI is InChI=1S/C30H52O2.Ac/c1-19(18-31)20-10-13-27(4)16-17-29(6)21(25(20)27)8-9-23-28(5)14-12-24(32)26(2,3)22(28)11-15-30(23,29)7;/h19-25,31-32H,8-18H2,1-7H3;/t19?,20-,21?,22?,23?,24?,25?,27+,28-,29+,30+;/m0./s1. The zero-order valence-corrected chi connectivity index (χ0v) is 27.5. The second-order valence-corrected chi connectivity index (χ2v) is 15.1. The van der Waals surface area contributed by atoms with E-state index in [2.05, 4.69) is 48.5 Å². The minimum atomic E-state index is -0.133. The molecule has 0 heterocycles. The van der Waals surface area contributed by atoms with Gasteiger partial charge in [-0.25, -0.2) is 0 Å². The molecule has 5 saturated carbocycles. The Balaban J connectivity index is 0.00000259. The molecule has 33 heavy (non-hydrogen) atoms. The molecule has 11 atom stereocenters. The first-order chi connectivity index (χ1) is 14.8. The van der Waals surface area contributed by atoms with Crippen molar-refractivity contribution in [1.82, 2.24) is 0 Å². The Kier molecular flexibility index (Phi) is 7.23. The molecule has 1 radical (unpaired) electrons. The van der Waals surface area contributed by atoms with Gasteiger partial charge in [0.15, 0.2) is 0 Å². The molecular weight excluding hydrogens is 619 g/mol. The first-order valence-corrected chi connectivity index (χ1v) is 14.1. The van der Waals surface area contributed by atoms with Gasteiger partial charge in [0.2, 0.25) is 0 Å². The van der Waals surface area contributed by atoms with Gasteiger partial charge >= 0.3 is 0 Å². The first kappa shape index (κ1) is 27.4. The van der Waals surface area contributed by atoms with Crippen molar-refractivity contribution in [2.24, 2.45) is 62.6 Å². The van der Waals surface area contributed by atoms with Crippen LogP contribution < -0.4 is 0 Å². The first-order valence-electron chi connectivity index (χ1n) is 14.1. The van der Waals surface area contributed by atoms with Gasteiger partial charge in [0.05, 0.1) is 6.10 Å². The molecule has 6 unspecified atom stereocenters. The van der Waals surface area contributed by atoms with E-state index in [1.54, 1.807) is 0 Å². The number of aliphatic hydroxyl groups is 2. The van der Waals surface area contributed by atoms with Crippen LogP contribution in [0.4, 0.5) is 0 Å². The van der Waals surface area contributed by atoms with E-state index >= 15 is 0 Å². The summed E-state index contributed by atoms with van der Waals surface area (Å²) in [5.74, 6) is 4.23. The van der Waals surface area contributed by atoms with Crippen LogP contribution in [0.3, 0.4) is 0 Å². The van der Waals surface area contributed by atoms with Crippen molar-refractivity contribution in [2.45, 2.75) is 119 Å². The maximum absolute atomic E-state index is 10.9. The Hall–Kier alpha value is 1.36. The maximum atomic E-state index is 10.9. The average molecular weight is 672 g/mol. The number of fused-ring (bicyclic) bond motifs is 7. The van der Waals surface area contributed by atoms with E-state index in [1.165, 1.54) is 57.8 Å². The van der Waals surface area contributed by atoms with Crippen molar-refractivity contribution in [1.29, 1.82) is 0 Å². The van der Waals surface area contributed by atoms with Crippen molar-refractivity contribution in [3.05, 3.63) is 0 Å². The van der Waals surface area contributed by atoms with E-state index in [1.807, 2.05) is 0 Å². The third-order valence-electron chi connectivity index (χ3n) is 13.9. The van der Waals surface area contributed by atoms with Crippen LogP contribution in [0.2, 0.25) is 0 Å². The Labute approximate surface area is 240 Å². The molecule has 0 aromatic heterocycles. The normalized spacial score (nSPS) is 55.9. The summed E-state index contributed by atoms with van der Waals surface area (Å²) >= 11 is 0. The van der Waals surface area contributed by atoms with Gasteiger partial charge in [-0.2, -0.15) is 0 Å². The summed E-state index contributed by atoms with van der Waals surface area (Å²) in [6, 6.07) is 0. The van der Waals surface area contributed by atoms with Crippen molar-refractivity contribution in [3.8, 4) is 0 Å².